The number of hydrogen-bond donors (Lipinski definition) is 0. The van der Waals surface area contributed by atoms with E-state index in [9.17, 15) is 10.1 Å². The first-order valence-corrected chi connectivity index (χ1v) is 8.07. The molecule has 0 bridgehead atoms. The molecular formula is C17H21N5O2. The van der Waals surface area contributed by atoms with Gasteiger partial charge in [0.25, 0.3) is 5.69 Å². The molecule has 0 N–H and O–H groups in total. The minimum absolute atomic E-state index is 0.161. The van der Waals surface area contributed by atoms with Crippen molar-refractivity contribution >= 4 is 17.2 Å². The summed E-state index contributed by atoms with van der Waals surface area (Å²) in [5, 5.41) is 19.1. The van der Waals surface area contributed by atoms with E-state index in [-0.39, 0.29) is 10.6 Å². The lowest BCUT2D eigenvalue weighted by atomic mass is 10.1. The Morgan fingerprint density at radius 3 is 2.92 bits per heavy atom. The molecule has 2 heterocycles. The highest BCUT2D eigenvalue weighted by Gasteiger charge is 2.27. The first-order valence-electron chi connectivity index (χ1n) is 8.07. The molecule has 3 rings (SSSR count). The van der Waals surface area contributed by atoms with Crippen molar-refractivity contribution in [3.05, 3.63) is 52.2 Å². The average Bonchev–Trinajstić information content (AvgIpc) is 3.03. The lowest BCUT2D eigenvalue weighted by molar-refractivity contribution is -0.385. The second-order valence-corrected chi connectivity index (χ2v) is 6.18. The first kappa shape index (κ1) is 16.2. The van der Waals surface area contributed by atoms with Crippen LogP contribution in [0.1, 0.15) is 18.4 Å². The monoisotopic (exact) mass is 327 g/mol. The van der Waals surface area contributed by atoms with Crippen molar-refractivity contribution in [2.24, 2.45) is 0 Å². The van der Waals surface area contributed by atoms with Gasteiger partial charge < -0.3 is 9.80 Å². The normalized spacial score (nSPS) is 17.1. The van der Waals surface area contributed by atoms with Gasteiger partial charge in [0.15, 0.2) is 5.82 Å². The van der Waals surface area contributed by atoms with Crippen LogP contribution in [0.5, 0.6) is 0 Å². The summed E-state index contributed by atoms with van der Waals surface area (Å²) < 4.78 is 0. The van der Waals surface area contributed by atoms with Gasteiger partial charge in [-0.1, -0.05) is 0 Å². The summed E-state index contributed by atoms with van der Waals surface area (Å²) in [7, 11) is 2.02. The molecule has 1 aromatic heterocycles. The number of nitro benzene ring substituents is 1. The lowest BCUT2D eigenvalue weighted by Gasteiger charge is -2.30. The Labute approximate surface area is 141 Å². The number of hydrogen-bond acceptors (Lipinski definition) is 6. The molecule has 0 saturated carbocycles. The maximum Gasteiger partial charge on any atom is 0.272 e. The third-order valence-electron chi connectivity index (χ3n) is 4.53. The van der Waals surface area contributed by atoms with Crippen molar-refractivity contribution < 1.29 is 4.92 Å². The Morgan fingerprint density at radius 2 is 2.25 bits per heavy atom. The van der Waals surface area contributed by atoms with Gasteiger partial charge in [0.05, 0.1) is 4.92 Å². The Morgan fingerprint density at radius 1 is 1.42 bits per heavy atom. The van der Waals surface area contributed by atoms with Gasteiger partial charge in [-0.3, -0.25) is 10.1 Å². The number of rotatable bonds is 5. The molecule has 2 aromatic rings. The van der Waals surface area contributed by atoms with Crippen molar-refractivity contribution in [2.45, 2.75) is 25.8 Å². The third-order valence-corrected chi connectivity index (χ3v) is 4.53. The number of nitro groups is 1. The molecule has 0 radical (unpaired) electrons. The maximum atomic E-state index is 11.0. The number of likely N-dealkylation sites (N-methyl/N-ethyl adjacent to an activating group) is 1. The minimum Gasteiger partial charge on any atom is -0.373 e. The summed E-state index contributed by atoms with van der Waals surface area (Å²) in [5.74, 6) is 0.910. The molecule has 126 valence electrons. The summed E-state index contributed by atoms with van der Waals surface area (Å²) >= 11 is 0. The van der Waals surface area contributed by atoms with E-state index in [1.165, 1.54) is 0 Å². The van der Waals surface area contributed by atoms with E-state index in [1.807, 2.05) is 31.3 Å². The largest absolute Gasteiger partial charge is 0.373 e. The van der Waals surface area contributed by atoms with Gasteiger partial charge in [-0.15, -0.1) is 5.10 Å². The second-order valence-electron chi connectivity index (χ2n) is 6.18. The number of aryl methyl sites for hydroxylation is 1. The van der Waals surface area contributed by atoms with Gasteiger partial charge >= 0.3 is 0 Å². The molecule has 7 nitrogen and oxygen atoms in total. The zero-order chi connectivity index (χ0) is 17.1. The van der Waals surface area contributed by atoms with Gasteiger partial charge in [-0.25, -0.2) is 0 Å². The van der Waals surface area contributed by atoms with Crippen LogP contribution >= 0.6 is 0 Å². The van der Waals surface area contributed by atoms with Crippen molar-refractivity contribution in [3.8, 4) is 0 Å². The van der Waals surface area contributed by atoms with E-state index >= 15 is 0 Å². The molecule has 0 amide bonds. The fraction of sp³-hybridized carbons (Fsp3) is 0.412. The summed E-state index contributed by atoms with van der Waals surface area (Å²) in [6, 6.07) is 9.52. The van der Waals surface area contributed by atoms with Gasteiger partial charge in [0.2, 0.25) is 0 Å². The van der Waals surface area contributed by atoms with Crippen LogP contribution in [-0.2, 0) is 0 Å². The minimum atomic E-state index is -0.341. The molecule has 1 aliphatic heterocycles. The predicted octanol–water partition coefficient (Wildman–Crippen LogP) is 2.80. The Hall–Kier alpha value is -2.70. The molecule has 1 unspecified atom stereocenters. The molecule has 1 fully saturated rings. The maximum absolute atomic E-state index is 11.0. The van der Waals surface area contributed by atoms with E-state index in [1.54, 1.807) is 19.2 Å². The molecule has 1 aromatic carbocycles. The van der Waals surface area contributed by atoms with Crippen LogP contribution in [0.2, 0.25) is 0 Å². The molecule has 7 heteroatoms. The third kappa shape index (κ3) is 3.29. The molecule has 1 saturated heterocycles. The number of benzene rings is 1. The zero-order valence-corrected chi connectivity index (χ0v) is 13.9. The molecule has 0 spiro atoms. The molecule has 1 aliphatic rings. The Kier molecular flexibility index (Phi) is 4.59. The van der Waals surface area contributed by atoms with Gasteiger partial charge in [0, 0.05) is 49.7 Å². The van der Waals surface area contributed by atoms with Crippen LogP contribution in [-0.4, -0.2) is 41.3 Å². The van der Waals surface area contributed by atoms with Crippen molar-refractivity contribution in [1.29, 1.82) is 0 Å². The van der Waals surface area contributed by atoms with Crippen LogP contribution in [0.4, 0.5) is 17.2 Å². The highest BCUT2D eigenvalue weighted by molar-refractivity contribution is 5.55. The summed E-state index contributed by atoms with van der Waals surface area (Å²) in [5.41, 5.74) is 1.83. The standard InChI is InChI=1S/C17H21N5O2/c1-13-11-14(7-8-16(13)22(23)24)20(2)12-15-5-4-10-21(15)17-6-3-9-18-19-17/h3,6-9,11,15H,4-5,10,12H2,1-2H3. The van der Waals surface area contributed by atoms with Crippen LogP contribution in [0.15, 0.2) is 36.5 Å². The van der Waals surface area contributed by atoms with Gasteiger partial charge in [-0.05, 0) is 44.0 Å². The quantitative estimate of drug-likeness (QED) is 0.621. The smallest absolute Gasteiger partial charge is 0.272 e. The highest BCUT2D eigenvalue weighted by atomic mass is 16.6. The van der Waals surface area contributed by atoms with E-state index in [0.29, 0.717) is 11.6 Å². The van der Waals surface area contributed by atoms with Gasteiger partial charge in [0.1, 0.15) is 0 Å². The summed E-state index contributed by atoms with van der Waals surface area (Å²) in [6.45, 7) is 3.60. The van der Waals surface area contributed by atoms with Crippen LogP contribution < -0.4 is 9.80 Å². The summed E-state index contributed by atoms with van der Waals surface area (Å²) in [6.07, 6.45) is 3.92. The van der Waals surface area contributed by atoms with Crippen molar-refractivity contribution in [3.63, 3.8) is 0 Å². The fourth-order valence-corrected chi connectivity index (χ4v) is 3.28. The van der Waals surface area contributed by atoms with E-state index in [2.05, 4.69) is 20.0 Å². The Bertz CT molecular complexity index is 722. The molecule has 1 atom stereocenters. The Balaban J connectivity index is 1.73. The number of nitrogens with zero attached hydrogens (tertiary/aromatic N) is 5. The SMILES string of the molecule is Cc1cc(N(C)CC2CCCN2c2cccnn2)ccc1[N+](=O)[O-]. The van der Waals surface area contributed by atoms with Crippen LogP contribution in [0.3, 0.4) is 0 Å². The predicted molar refractivity (Wildman–Crippen MR) is 93.5 cm³/mol. The molecule has 24 heavy (non-hydrogen) atoms. The lowest BCUT2D eigenvalue weighted by Crippen LogP contribution is -2.39. The fourth-order valence-electron chi connectivity index (χ4n) is 3.28. The zero-order valence-electron chi connectivity index (χ0n) is 13.9. The van der Waals surface area contributed by atoms with Gasteiger partial charge in [-0.2, -0.15) is 5.10 Å². The van der Waals surface area contributed by atoms with E-state index in [0.717, 1.165) is 37.4 Å². The van der Waals surface area contributed by atoms with Crippen LogP contribution in [0, 0.1) is 17.0 Å². The van der Waals surface area contributed by atoms with E-state index in [4.69, 9.17) is 0 Å². The van der Waals surface area contributed by atoms with Crippen molar-refractivity contribution in [2.75, 3.05) is 29.9 Å². The molecular weight excluding hydrogens is 306 g/mol. The average molecular weight is 327 g/mol. The van der Waals surface area contributed by atoms with Crippen LogP contribution in [0.25, 0.3) is 0 Å². The number of aromatic nitrogens is 2. The second kappa shape index (κ2) is 6.82. The van der Waals surface area contributed by atoms with E-state index < -0.39 is 0 Å². The van der Waals surface area contributed by atoms with Crippen molar-refractivity contribution in [1.82, 2.24) is 10.2 Å². The molecule has 0 aliphatic carbocycles. The topological polar surface area (TPSA) is 75.4 Å². The first-order chi connectivity index (χ1) is 11.6. The number of anilines is 2. The highest BCUT2D eigenvalue weighted by Crippen LogP contribution is 2.27. The summed E-state index contributed by atoms with van der Waals surface area (Å²) in [4.78, 5) is 15.1.